The molecular formula is C17H16N2O5. The van der Waals surface area contributed by atoms with Gasteiger partial charge in [-0.15, -0.1) is 0 Å². The van der Waals surface area contributed by atoms with Crippen LogP contribution in [-0.4, -0.2) is 28.1 Å². The average Bonchev–Trinajstić information content (AvgIpc) is 2.53. The van der Waals surface area contributed by atoms with Gasteiger partial charge in [-0.3, -0.25) is 14.4 Å². The summed E-state index contributed by atoms with van der Waals surface area (Å²) in [6.45, 7) is 0. The van der Waals surface area contributed by atoms with E-state index < -0.39 is 24.3 Å². The number of carboxylic acids is 2. The Kier molecular flexibility index (Phi) is 5.16. The molecule has 2 aromatic carbocycles. The van der Waals surface area contributed by atoms with Gasteiger partial charge in [0.1, 0.15) is 0 Å². The minimum atomic E-state index is -1.21. The topological polar surface area (TPSA) is 130 Å². The van der Waals surface area contributed by atoms with Crippen LogP contribution < -0.4 is 11.1 Å². The van der Waals surface area contributed by atoms with Crippen LogP contribution in [0.5, 0.6) is 0 Å². The van der Waals surface area contributed by atoms with Gasteiger partial charge in [-0.1, -0.05) is 18.2 Å². The first kappa shape index (κ1) is 17.0. The van der Waals surface area contributed by atoms with Crippen LogP contribution in [0.25, 0.3) is 0 Å². The van der Waals surface area contributed by atoms with Crippen LogP contribution in [0, 0.1) is 0 Å². The molecule has 0 saturated carbocycles. The maximum atomic E-state index is 12.1. The van der Waals surface area contributed by atoms with Gasteiger partial charge in [0.2, 0.25) is 0 Å². The highest BCUT2D eigenvalue weighted by molar-refractivity contribution is 6.04. The highest BCUT2D eigenvalue weighted by Crippen LogP contribution is 2.22. The lowest BCUT2D eigenvalue weighted by Crippen LogP contribution is -2.16. The third-order valence-electron chi connectivity index (χ3n) is 3.40. The van der Waals surface area contributed by atoms with Crippen molar-refractivity contribution in [3.05, 3.63) is 59.7 Å². The lowest BCUT2D eigenvalue weighted by Gasteiger charge is -2.11. The van der Waals surface area contributed by atoms with Crippen molar-refractivity contribution in [2.45, 2.75) is 12.3 Å². The molecule has 124 valence electrons. The number of amides is 1. The molecule has 0 aliphatic carbocycles. The minimum absolute atomic E-state index is 0.352. The third-order valence-corrected chi connectivity index (χ3v) is 3.40. The molecule has 1 unspecified atom stereocenters. The number of carbonyl (C=O) groups excluding carboxylic acids is 1. The Bertz CT molecular complexity index is 771. The first-order chi connectivity index (χ1) is 11.4. The van der Waals surface area contributed by atoms with Crippen LogP contribution in [0.15, 0.2) is 48.5 Å². The molecule has 2 rings (SSSR count). The van der Waals surface area contributed by atoms with Crippen molar-refractivity contribution in [2.75, 3.05) is 11.1 Å². The fraction of sp³-hybridized carbons (Fsp3) is 0.118. The molecular weight excluding hydrogens is 312 g/mol. The summed E-state index contributed by atoms with van der Waals surface area (Å²) in [6.07, 6.45) is -0.510. The molecule has 0 aliphatic heterocycles. The van der Waals surface area contributed by atoms with Gasteiger partial charge in [0.25, 0.3) is 5.91 Å². The summed E-state index contributed by atoms with van der Waals surface area (Å²) in [5, 5.41) is 20.6. The first-order valence-electron chi connectivity index (χ1n) is 7.08. The van der Waals surface area contributed by atoms with E-state index in [1.54, 1.807) is 18.2 Å². The number of nitrogen functional groups attached to an aromatic ring is 1. The van der Waals surface area contributed by atoms with E-state index in [0.717, 1.165) is 0 Å². The van der Waals surface area contributed by atoms with Crippen molar-refractivity contribution in [1.82, 2.24) is 0 Å². The van der Waals surface area contributed by atoms with Gasteiger partial charge in [0.15, 0.2) is 0 Å². The Morgan fingerprint density at radius 1 is 1.04 bits per heavy atom. The van der Waals surface area contributed by atoms with Gasteiger partial charge < -0.3 is 21.3 Å². The summed E-state index contributed by atoms with van der Waals surface area (Å²) >= 11 is 0. The number of hydrogen-bond donors (Lipinski definition) is 4. The molecule has 0 bridgehead atoms. The summed E-state index contributed by atoms with van der Waals surface area (Å²) in [6, 6.07) is 12.5. The van der Waals surface area contributed by atoms with E-state index in [2.05, 4.69) is 5.32 Å². The number of nitrogens with one attached hydrogen (secondary N) is 1. The number of hydrogen-bond acceptors (Lipinski definition) is 4. The van der Waals surface area contributed by atoms with Crippen LogP contribution in [0.3, 0.4) is 0 Å². The number of benzene rings is 2. The highest BCUT2D eigenvalue weighted by Gasteiger charge is 2.23. The first-order valence-corrected chi connectivity index (χ1v) is 7.08. The second-order valence-corrected chi connectivity index (χ2v) is 5.19. The Balaban J connectivity index is 2.12. The smallest absolute Gasteiger partial charge is 0.311 e. The summed E-state index contributed by atoms with van der Waals surface area (Å²) < 4.78 is 0. The molecule has 0 heterocycles. The number of nitrogens with two attached hydrogens (primary N) is 1. The lowest BCUT2D eigenvalue weighted by atomic mass is 9.96. The normalized spacial score (nSPS) is 11.5. The predicted molar refractivity (Wildman–Crippen MR) is 87.9 cm³/mol. The standard InChI is InChI=1S/C17H16N2O5/c18-12-3-1-2-11(8-12)16(22)19-13-6-4-10(5-7-13)14(17(23)24)9-15(20)21/h1-8,14H,9,18H2,(H,19,22)(H,20,21)(H,23,24). The van der Waals surface area contributed by atoms with Crippen LogP contribution in [-0.2, 0) is 9.59 Å². The van der Waals surface area contributed by atoms with Gasteiger partial charge in [-0.2, -0.15) is 0 Å². The maximum Gasteiger partial charge on any atom is 0.311 e. The van der Waals surface area contributed by atoms with Crippen LogP contribution >= 0.6 is 0 Å². The highest BCUT2D eigenvalue weighted by atomic mass is 16.4. The molecule has 7 heteroatoms. The number of anilines is 2. The maximum absolute atomic E-state index is 12.1. The summed E-state index contributed by atoms with van der Waals surface area (Å²) in [5.74, 6) is -3.90. The molecule has 0 spiro atoms. The van der Waals surface area contributed by atoms with Crippen LogP contribution in [0.1, 0.15) is 28.3 Å². The van der Waals surface area contributed by atoms with Crippen molar-refractivity contribution in [3.8, 4) is 0 Å². The van der Waals surface area contributed by atoms with Crippen molar-refractivity contribution < 1.29 is 24.6 Å². The van der Waals surface area contributed by atoms with E-state index in [1.165, 1.54) is 30.3 Å². The number of aliphatic carboxylic acids is 2. The molecule has 5 N–H and O–H groups in total. The van der Waals surface area contributed by atoms with Crippen molar-refractivity contribution in [1.29, 1.82) is 0 Å². The fourth-order valence-corrected chi connectivity index (χ4v) is 2.20. The molecule has 2 aromatic rings. The molecule has 24 heavy (non-hydrogen) atoms. The second kappa shape index (κ2) is 7.28. The third kappa shape index (κ3) is 4.33. The molecule has 0 saturated heterocycles. The quantitative estimate of drug-likeness (QED) is 0.601. The number of carbonyl (C=O) groups is 3. The molecule has 7 nitrogen and oxygen atoms in total. The largest absolute Gasteiger partial charge is 0.481 e. The summed E-state index contributed by atoms with van der Waals surface area (Å²) in [7, 11) is 0. The van der Waals surface area contributed by atoms with Crippen molar-refractivity contribution >= 4 is 29.2 Å². The molecule has 0 fully saturated rings. The average molecular weight is 328 g/mol. The summed E-state index contributed by atoms with van der Waals surface area (Å²) in [5.41, 5.74) is 7.31. The molecule has 1 amide bonds. The Morgan fingerprint density at radius 3 is 2.25 bits per heavy atom. The number of rotatable bonds is 6. The monoisotopic (exact) mass is 328 g/mol. The molecule has 0 aliphatic rings. The van der Waals surface area contributed by atoms with Gasteiger partial charge >= 0.3 is 11.9 Å². The molecule has 0 radical (unpaired) electrons. The zero-order chi connectivity index (χ0) is 17.7. The molecule has 1 atom stereocenters. The van der Waals surface area contributed by atoms with Crippen LogP contribution in [0.4, 0.5) is 11.4 Å². The van der Waals surface area contributed by atoms with Gasteiger partial charge in [-0.25, -0.2) is 0 Å². The van der Waals surface area contributed by atoms with Crippen LogP contribution in [0.2, 0.25) is 0 Å². The Morgan fingerprint density at radius 2 is 1.71 bits per heavy atom. The lowest BCUT2D eigenvalue weighted by molar-refractivity contribution is -0.145. The van der Waals surface area contributed by atoms with Gasteiger partial charge in [0.05, 0.1) is 12.3 Å². The van der Waals surface area contributed by atoms with E-state index in [9.17, 15) is 14.4 Å². The van der Waals surface area contributed by atoms with E-state index in [4.69, 9.17) is 15.9 Å². The van der Waals surface area contributed by atoms with Gasteiger partial charge in [0, 0.05) is 16.9 Å². The van der Waals surface area contributed by atoms with E-state index in [0.29, 0.717) is 22.5 Å². The van der Waals surface area contributed by atoms with Crippen molar-refractivity contribution in [3.63, 3.8) is 0 Å². The summed E-state index contributed by atoms with van der Waals surface area (Å²) in [4.78, 5) is 34.0. The zero-order valence-corrected chi connectivity index (χ0v) is 12.6. The van der Waals surface area contributed by atoms with Crippen molar-refractivity contribution in [2.24, 2.45) is 0 Å². The number of carboxylic acid groups (broad SMARTS) is 2. The zero-order valence-electron chi connectivity index (χ0n) is 12.6. The Labute approximate surface area is 137 Å². The molecule has 0 aromatic heterocycles. The Hall–Kier alpha value is -3.35. The predicted octanol–water partition coefficient (Wildman–Crippen LogP) is 2.16. The second-order valence-electron chi connectivity index (χ2n) is 5.19. The van der Waals surface area contributed by atoms with E-state index >= 15 is 0 Å². The van der Waals surface area contributed by atoms with E-state index in [-0.39, 0.29) is 5.91 Å². The fourth-order valence-electron chi connectivity index (χ4n) is 2.20. The van der Waals surface area contributed by atoms with Gasteiger partial charge in [-0.05, 0) is 35.9 Å². The van der Waals surface area contributed by atoms with E-state index in [1.807, 2.05) is 0 Å². The minimum Gasteiger partial charge on any atom is -0.481 e. The SMILES string of the molecule is Nc1cccc(C(=O)Nc2ccc(C(CC(=O)O)C(=O)O)cc2)c1.